The van der Waals surface area contributed by atoms with E-state index >= 15 is 0 Å². The summed E-state index contributed by atoms with van der Waals surface area (Å²) in [5, 5.41) is 18.1. The maximum absolute atomic E-state index is 9.16. The predicted molar refractivity (Wildman–Crippen MR) is 57.1 cm³/mol. The number of fused-ring (bicyclic) bond motifs is 1. The summed E-state index contributed by atoms with van der Waals surface area (Å²) in [6.45, 7) is 1.82. The summed E-state index contributed by atoms with van der Waals surface area (Å²) in [7, 11) is 0. The topological polar surface area (TPSA) is 62.5 Å². The highest BCUT2D eigenvalue weighted by molar-refractivity contribution is 5.44. The van der Waals surface area contributed by atoms with E-state index in [1.54, 1.807) is 6.92 Å². The Kier molecular flexibility index (Phi) is 2.71. The van der Waals surface area contributed by atoms with Gasteiger partial charge in [0.1, 0.15) is 0 Å². The van der Waals surface area contributed by atoms with Crippen LogP contribution >= 0.6 is 0 Å². The minimum Gasteiger partial charge on any atom is -0.454 e. The maximum Gasteiger partial charge on any atom is 0.231 e. The van der Waals surface area contributed by atoms with Crippen molar-refractivity contribution >= 4 is 0 Å². The minimum atomic E-state index is -0.742. The summed E-state index contributed by atoms with van der Waals surface area (Å²) >= 11 is 0. The Morgan fingerprint density at radius 1 is 1.44 bits per heavy atom. The smallest absolute Gasteiger partial charge is 0.231 e. The largest absolute Gasteiger partial charge is 0.454 e. The molecule has 0 spiro atoms. The molecule has 0 saturated carbocycles. The Morgan fingerprint density at radius 2 is 2.19 bits per heavy atom. The molecule has 0 radical (unpaired) electrons. The molecule has 1 aromatic carbocycles. The molecule has 1 aliphatic heterocycles. The Labute approximate surface area is 94.0 Å². The fourth-order valence-corrected chi connectivity index (χ4v) is 1.63. The van der Waals surface area contributed by atoms with E-state index in [2.05, 4.69) is 6.07 Å². The summed E-state index contributed by atoms with van der Waals surface area (Å²) < 4.78 is 10.5. The van der Waals surface area contributed by atoms with Crippen LogP contribution in [0.5, 0.6) is 11.5 Å². The van der Waals surface area contributed by atoms with E-state index in [4.69, 9.17) is 19.8 Å². The van der Waals surface area contributed by atoms with Crippen LogP contribution in [0, 0.1) is 16.7 Å². The van der Waals surface area contributed by atoms with Crippen LogP contribution in [0.3, 0.4) is 0 Å². The normalized spacial score (nSPS) is 16.6. The number of aliphatic hydroxyl groups excluding tert-OH is 1. The van der Waals surface area contributed by atoms with E-state index in [0.29, 0.717) is 12.2 Å². The Morgan fingerprint density at radius 3 is 2.88 bits per heavy atom. The monoisotopic (exact) mass is 219 g/mol. The van der Waals surface area contributed by atoms with Crippen LogP contribution in [0.2, 0.25) is 0 Å². The third-order valence-electron chi connectivity index (χ3n) is 2.65. The molecule has 0 fully saturated rings. The highest BCUT2D eigenvalue weighted by Crippen LogP contribution is 2.34. The van der Waals surface area contributed by atoms with Crippen LogP contribution in [0.4, 0.5) is 0 Å². The molecule has 0 aliphatic carbocycles. The van der Waals surface area contributed by atoms with E-state index in [1.165, 1.54) is 0 Å². The first kappa shape index (κ1) is 10.8. The van der Waals surface area contributed by atoms with Gasteiger partial charge in [-0.3, -0.25) is 0 Å². The molecule has 84 valence electrons. The zero-order valence-corrected chi connectivity index (χ0v) is 9.06. The lowest BCUT2D eigenvalue weighted by Gasteiger charge is -2.18. The molecule has 1 heterocycles. The van der Waals surface area contributed by atoms with Crippen molar-refractivity contribution in [2.24, 2.45) is 5.41 Å². The molecule has 2 rings (SSSR count). The second-order valence-electron chi connectivity index (χ2n) is 4.19. The Hall–Kier alpha value is -1.73. The molecule has 16 heavy (non-hydrogen) atoms. The number of nitrogens with zero attached hydrogens (tertiary/aromatic N) is 1. The van der Waals surface area contributed by atoms with Crippen molar-refractivity contribution in [3.63, 3.8) is 0 Å². The van der Waals surface area contributed by atoms with Gasteiger partial charge in [0, 0.05) is 0 Å². The van der Waals surface area contributed by atoms with Gasteiger partial charge in [0.05, 0.1) is 18.1 Å². The first-order valence-electron chi connectivity index (χ1n) is 5.07. The van der Waals surface area contributed by atoms with Gasteiger partial charge in [0.25, 0.3) is 0 Å². The summed E-state index contributed by atoms with van der Waals surface area (Å²) in [6.07, 6.45) is 0.497. The van der Waals surface area contributed by atoms with Gasteiger partial charge in [-0.1, -0.05) is 6.07 Å². The second kappa shape index (κ2) is 4.03. The zero-order valence-electron chi connectivity index (χ0n) is 9.06. The van der Waals surface area contributed by atoms with Crippen molar-refractivity contribution < 1.29 is 14.6 Å². The molecular formula is C12H13NO3. The van der Waals surface area contributed by atoms with E-state index < -0.39 is 5.41 Å². The molecule has 1 atom stereocenters. The average molecular weight is 219 g/mol. The first-order chi connectivity index (χ1) is 7.67. The van der Waals surface area contributed by atoms with E-state index in [1.807, 2.05) is 18.2 Å². The van der Waals surface area contributed by atoms with Gasteiger partial charge in [0.15, 0.2) is 11.5 Å². The van der Waals surface area contributed by atoms with Crippen LogP contribution in [0.25, 0.3) is 0 Å². The molecular weight excluding hydrogens is 206 g/mol. The van der Waals surface area contributed by atoms with Crippen molar-refractivity contribution in [2.75, 3.05) is 13.4 Å². The van der Waals surface area contributed by atoms with Crippen LogP contribution in [-0.4, -0.2) is 18.5 Å². The third-order valence-corrected chi connectivity index (χ3v) is 2.65. The molecule has 0 aromatic heterocycles. The van der Waals surface area contributed by atoms with Crippen molar-refractivity contribution in [1.29, 1.82) is 5.26 Å². The van der Waals surface area contributed by atoms with Gasteiger partial charge < -0.3 is 14.6 Å². The average Bonchev–Trinajstić information content (AvgIpc) is 2.76. The second-order valence-corrected chi connectivity index (χ2v) is 4.19. The predicted octanol–water partition coefficient (Wildman–Crippen LogP) is 1.48. The molecule has 0 amide bonds. The summed E-state index contributed by atoms with van der Waals surface area (Å²) in [4.78, 5) is 0. The maximum atomic E-state index is 9.16. The van der Waals surface area contributed by atoms with Crippen LogP contribution in [0.1, 0.15) is 12.5 Å². The molecule has 0 saturated heterocycles. The van der Waals surface area contributed by atoms with Gasteiger partial charge in [-0.15, -0.1) is 0 Å². The lowest BCUT2D eigenvalue weighted by atomic mass is 9.86. The van der Waals surface area contributed by atoms with Gasteiger partial charge in [-0.2, -0.15) is 5.26 Å². The van der Waals surface area contributed by atoms with Crippen molar-refractivity contribution in [1.82, 2.24) is 0 Å². The van der Waals surface area contributed by atoms with Crippen molar-refractivity contribution in [2.45, 2.75) is 13.3 Å². The van der Waals surface area contributed by atoms with Crippen molar-refractivity contribution in [3.8, 4) is 17.6 Å². The number of hydrogen-bond donors (Lipinski definition) is 1. The minimum absolute atomic E-state index is 0.155. The summed E-state index contributed by atoms with van der Waals surface area (Å²) in [5.41, 5.74) is 0.218. The summed E-state index contributed by atoms with van der Waals surface area (Å²) in [5.74, 6) is 1.43. The molecule has 0 bridgehead atoms. The third kappa shape index (κ3) is 1.95. The van der Waals surface area contributed by atoms with Gasteiger partial charge in [-0.05, 0) is 31.0 Å². The highest BCUT2D eigenvalue weighted by atomic mass is 16.7. The fourth-order valence-electron chi connectivity index (χ4n) is 1.63. The Bertz CT molecular complexity index is 438. The van der Waals surface area contributed by atoms with E-state index in [0.717, 1.165) is 11.3 Å². The van der Waals surface area contributed by atoms with E-state index in [9.17, 15) is 0 Å². The molecule has 1 N–H and O–H groups in total. The van der Waals surface area contributed by atoms with Crippen LogP contribution in [-0.2, 0) is 6.42 Å². The number of nitriles is 1. The SMILES string of the molecule is CC(C#N)(CO)Cc1ccc2c(c1)OCO2. The standard InChI is InChI=1S/C12H13NO3/c1-12(6-13,7-14)5-9-2-3-10-11(4-9)16-8-15-10/h2-4,14H,5,7-8H2,1H3. The molecule has 4 nitrogen and oxygen atoms in total. The number of ether oxygens (including phenoxy) is 2. The summed E-state index contributed by atoms with van der Waals surface area (Å²) in [6, 6.07) is 7.69. The lowest BCUT2D eigenvalue weighted by molar-refractivity contribution is 0.173. The quantitative estimate of drug-likeness (QED) is 0.836. The molecule has 1 unspecified atom stereocenters. The molecule has 4 heteroatoms. The van der Waals surface area contributed by atoms with Crippen LogP contribution in [0.15, 0.2) is 18.2 Å². The number of benzene rings is 1. The Balaban J connectivity index is 2.20. The van der Waals surface area contributed by atoms with Crippen LogP contribution < -0.4 is 9.47 Å². The van der Waals surface area contributed by atoms with Gasteiger partial charge in [-0.25, -0.2) is 0 Å². The number of hydrogen-bond acceptors (Lipinski definition) is 4. The van der Waals surface area contributed by atoms with Gasteiger partial charge in [0.2, 0.25) is 6.79 Å². The fraction of sp³-hybridized carbons (Fsp3) is 0.417. The highest BCUT2D eigenvalue weighted by Gasteiger charge is 2.24. The molecule has 1 aliphatic rings. The van der Waals surface area contributed by atoms with Crippen molar-refractivity contribution in [3.05, 3.63) is 23.8 Å². The number of aliphatic hydroxyl groups is 1. The van der Waals surface area contributed by atoms with Gasteiger partial charge >= 0.3 is 0 Å². The lowest BCUT2D eigenvalue weighted by Crippen LogP contribution is -2.21. The number of rotatable bonds is 3. The first-order valence-corrected chi connectivity index (χ1v) is 5.07. The molecule has 1 aromatic rings. The zero-order chi connectivity index (χ0) is 11.6. The van der Waals surface area contributed by atoms with E-state index in [-0.39, 0.29) is 13.4 Å².